The second-order valence-electron chi connectivity index (χ2n) is 6.57. The Morgan fingerprint density at radius 1 is 1.29 bits per heavy atom. The van der Waals surface area contributed by atoms with Gasteiger partial charge in [-0.1, -0.05) is 6.58 Å². The number of hydrogen-bond acceptors (Lipinski definition) is 12. The third-order valence-corrected chi connectivity index (χ3v) is 7.67. The zero-order valence-corrected chi connectivity index (χ0v) is 18.3. The minimum atomic E-state index is -5.82. The number of aliphatic hydroxyl groups excluding tert-OH is 1. The summed E-state index contributed by atoms with van der Waals surface area (Å²) in [6, 6.07) is 0. The van der Waals surface area contributed by atoms with Crippen molar-refractivity contribution in [3.63, 3.8) is 0 Å². The van der Waals surface area contributed by atoms with E-state index in [9.17, 15) is 23.7 Å². The van der Waals surface area contributed by atoms with E-state index in [1.165, 1.54) is 19.2 Å². The van der Waals surface area contributed by atoms with Crippen LogP contribution in [0.5, 0.6) is 0 Å². The van der Waals surface area contributed by atoms with Crippen molar-refractivity contribution in [1.82, 2.24) is 4.90 Å². The van der Waals surface area contributed by atoms with E-state index in [2.05, 4.69) is 24.7 Å². The summed E-state index contributed by atoms with van der Waals surface area (Å²) in [5.41, 5.74) is 9.58. The Kier molecular flexibility index (Phi) is 7.10. The van der Waals surface area contributed by atoms with Gasteiger partial charge >= 0.3 is 23.5 Å². The highest BCUT2D eigenvalue weighted by Crippen LogP contribution is 2.66. The highest BCUT2D eigenvalue weighted by Gasteiger charge is 2.63. The van der Waals surface area contributed by atoms with Gasteiger partial charge in [0.2, 0.25) is 0 Å². The number of amidine groups is 1. The van der Waals surface area contributed by atoms with Gasteiger partial charge in [0.05, 0.1) is 5.54 Å². The number of halogens is 1. The molecular formula is C11H20FN4O12P3. The number of aliphatic hydroxyl groups is 1. The number of aliphatic imine (C=N–C) groups is 1. The van der Waals surface area contributed by atoms with Crippen LogP contribution in [0.2, 0.25) is 0 Å². The van der Waals surface area contributed by atoms with Crippen LogP contribution in [0.15, 0.2) is 29.7 Å². The molecule has 0 aromatic heterocycles. The first-order valence-corrected chi connectivity index (χ1v) is 12.4. The molecule has 0 radical (unpaired) electrons. The number of rotatable bonds is 8. The molecule has 16 nitrogen and oxygen atoms in total. The Labute approximate surface area is 174 Å². The molecule has 2 heterocycles. The number of phosphoric ester groups is 1. The first kappa shape index (κ1) is 26.2. The predicted octanol–water partition coefficient (Wildman–Crippen LogP) is -0.912. The monoisotopic (exact) mass is 512 g/mol. The maximum Gasteiger partial charge on any atom is 0.490 e. The highest BCUT2D eigenvalue weighted by molar-refractivity contribution is 7.66. The Morgan fingerprint density at radius 3 is 2.39 bits per heavy atom. The Hall–Kier alpha value is -1.03. The lowest BCUT2D eigenvalue weighted by Gasteiger charge is -2.36. The Bertz CT molecular complexity index is 952. The molecule has 0 saturated carbocycles. The molecule has 0 aliphatic carbocycles. The molecule has 2 unspecified atom stereocenters. The van der Waals surface area contributed by atoms with Gasteiger partial charge in [0.25, 0.3) is 5.85 Å². The summed E-state index contributed by atoms with van der Waals surface area (Å²) in [6.07, 6.45) is -1.09. The zero-order valence-electron chi connectivity index (χ0n) is 15.6. The van der Waals surface area contributed by atoms with Gasteiger partial charge in [-0.25, -0.2) is 23.1 Å². The Morgan fingerprint density at radius 2 is 1.87 bits per heavy atom. The summed E-state index contributed by atoms with van der Waals surface area (Å²) >= 11 is 0. The zero-order chi connectivity index (χ0) is 24.0. The quantitative estimate of drug-likeness (QED) is 0.194. The van der Waals surface area contributed by atoms with Crippen molar-refractivity contribution in [3.05, 3.63) is 24.7 Å². The fourth-order valence-corrected chi connectivity index (χ4v) is 5.65. The molecule has 2 rings (SSSR count). The molecule has 0 aromatic carbocycles. The van der Waals surface area contributed by atoms with Gasteiger partial charge in [-0.05, 0) is 13.0 Å². The van der Waals surface area contributed by atoms with Gasteiger partial charge in [-0.3, -0.25) is 4.52 Å². The van der Waals surface area contributed by atoms with Gasteiger partial charge in [0.1, 0.15) is 24.4 Å². The van der Waals surface area contributed by atoms with Gasteiger partial charge < -0.3 is 45.8 Å². The number of phosphoric acid groups is 3. The maximum absolute atomic E-state index is 15.3. The first-order chi connectivity index (χ1) is 13.8. The van der Waals surface area contributed by atoms with E-state index in [-0.39, 0.29) is 11.7 Å². The van der Waals surface area contributed by atoms with Crippen molar-refractivity contribution in [2.24, 2.45) is 16.5 Å². The van der Waals surface area contributed by atoms with Crippen LogP contribution in [0.1, 0.15) is 6.92 Å². The number of nitrogens with zero attached hydrogens (tertiary/aromatic N) is 2. The molecule has 2 aliphatic rings. The van der Waals surface area contributed by atoms with E-state index in [1.54, 1.807) is 0 Å². The van der Waals surface area contributed by atoms with E-state index in [1.807, 2.05) is 0 Å². The molecule has 0 bridgehead atoms. The van der Waals surface area contributed by atoms with Gasteiger partial charge in [-0.15, -0.1) is 0 Å². The van der Waals surface area contributed by atoms with Crippen molar-refractivity contribution < 1.29 is 60.6 Å². The molecule has 0 amide bonds. The molecule has 6 atom stereocenters. The summed E-state index contributed by atoms with van der Waals surface area (Å²) in [4.78, 5) is 40.5. The van der Waals surface area contributed by atoms with Crippen molar-refractivity contribution >= 4 is 29.3 Å². The molecule has 31 heavy (non-hydrogen) atoms. The van der Waals surface area contributed by atoms with Crippen LogP contribution >= 0.6 is 23.5 Å². The fourth-order valence-electron chi connectivity index (χ4n) is 2.62. The van der Waals surface area contributed by atoms with Crippen molar-refractivity contribution in [1.29, 1.82) is 0 Å². The van der Waals surface area contributed by atoms with E-state index in [4.69, 9.17) is 30.9 Å². The van der Waals surface area contributed by atoms with Gasteiger partial charge in [-0.2, -0.15) is 8.62 Å². The molecule has 9 N–H and O–H groups in total. The number of hydrogen-bond donors (Lipinski definition) is 7. The summed E-state index contributed by atoms with van der Waals surface area (Å²) < 4.78 is 65.3. The van der Waals surface area contributed by atoms with Crippen molar-refractivity contribution in [2.75, 3.05) is 6.61 Å². The SMILES string of the molecule is C=C1N=C(N)C=CN1[C@@H]1O[C@](F)(COP(=O)(O)OP(=O)(O)OP(=O)(O)O)[C@@H](O)[C@@]1(C)N. The van der Waals surface area contributed by atoms with E-state index < -0.39 is 53.8 Å². The van der Waals surface area contributed by atoms with E-state index in [0.717, 1.165) is 4.90 Å². The lowest BCUT2D eigenvalue weighted by Crippen LogP contribution is -2.59. The molecule has 1 fully saturated rings. The van der Waals surface area contributed by atoms with Crippen LogP contribution in [-0.4, -0.2) is 65.7 Å². The predicted molar refractivity (Wildman–Crippen MR) is 98.9 cm³/mol. The van der Waals surface area contributed by atoms with Crippen LogP contribution in [0.3, 0.4) is 0 Å². The minimum Gasteiger partial charge on any atom is -0.385 e. The molecule has 2 aliphatic heterocycles. The molecule has 178 valence electrons. The lowest BCUT2D eigenvalue weighted by molar-refractivity contribution is -0.207. The topological polar surface area (TPSA) is 257 Å². The van der Waals surface area contributed by atoms with Crippen molar-refractivity contribution in [3.8, 4) is 0 Å². The van der Waals surface area contributed by atoms with E-state index in [0.29, 0.717) is 0 Å². The Balaban J connectivity index is 2.15. The molecule has 0 spiro atoms. The number of ether oxygens (including phenoxy) is 1. The summed E-state index contributed by atoms with van der Waals surface area (Å²) in [6.45, 7) is 3.18. The molecule has 1 saturated heterocycles. The van der Waals surface area contributed by atoms with Gasteiger partial charge in [0.15, 0.2) is 6.23 Å². The maximum atomic E-state index is 15.3. The van der Waals surface area contributed by atoms with Crippen LogP contribution in [-0.2, 0) is 31.6 Å². The standard InChI is InChI=1S/C11H20FN4O12P3/c1-6-15-7(13)3-4-16(6)9-10(2,14)8(17)11(12,26-9)5-25-30(21,22)28-31(23,24)27-29(18,19)20/h3-4,8-9,17H,1,5,14H2,2H3,(H2,13,15)(H,21,22)(H,23,24)(H2,18,19,20)/t8-,9+,10+,11+/m0/s1. The summed E-state index contributed by atoms with van der Waals surface area (Å²) in [5, 5.41) is 10.3. The average molecular weight is 512 g/mol. The van der Waals surface area contributed by atoms with Gasteiger partial charge in [0, 0.05) is 6.20 Å². The minimum absolute atomic E-state index is 0.0361. The molecular weight excluding hydrogens is 492 g/mol. The van der Waals surface area contributed by atoms with Crippen LogP contribution in [0, 0.1) is 0 Å². The van der Waals surface area contributed by atoms with Crippen molar-refractivity contribution in [2.45, 2.75) is 30.6 Å². The number of nitrogens with two attached hydrogens (primary N) is 2. The third kappa shape index (κ3) is 6.27. The smallest absolute Gasteiger partial charge is 0.385 e. The molecule has 20 heteroatoms. The highest BCUT2D eigenvalue weighted by atomic mass is 31.3. The van der Waals surface area contributed by atoms with Crippen LogP contribution in [0.4, 0.5) is 4.39 Å². The first-order valence-electron chi connectivity index (χ1n) is 7.90. The summed E-state index contributed by atoms with van der Waals surface area (Å²) in [5.74, 6) is -3.23. The average Bonchev–Trinajstić information content (AvgIpc) is 2.71. The fraction of sp³-hybridized carbons (Fsp3) is 0.545. The molecule has 0 aromatic rings. The number of alkyl halides is 1. The van der Waals surface area contributed by atoms with Crippen LogP contribution < -0.4 is 11.5 Å². The normalized spacial score (nSPS) is 35.5. The van der Waals surface area contributed by atoms with E-state index >= 15 is 4.39 Å². The van der Waals surface area contributed by atoms with Crippen LogP contribution in [0.25, 0.3) is 0 Å². The largest absolute Gasteiger partial charge is 0.490 e. The lowest BCUT2D eigenvalue weighted by atomic mass is 9.92. The third-order valence-electron chi connectivity index (χ3n) is 3.89. The second kappa shape index (κ2) is 8.39. The summed E-state index contributed by atoms with van der Waals surface area (Å²) in [7, 11) is -17.1. The second-order valence-corrected chi connectivity index (χ2v) is 11.0.